The van der Waals surface area contributed by atoms with Crippen LogP contribution < -0.4 is 0 Å². The molecule has 0 spiro atoms. The Labute approximate surface area is 105 Å². The number of rotatable bonds is 1. The molecular formula is C13H13NS2. The van der Waals surface area contributed by atoms with Crippen LogP contribution in [0.25, 0.3) is 0 Å². The Bertz CT molecular complexity index is 417. The Balaban J connectivity index is 2.21. The standard InChI is InChI=1S/C13H13NS2/c1-10-13(16-8-2-7-15-10)12-5-3-11(9-14)4-6-12/h3-6,13H,1-2,7-8H2. The SMILES string of the molecule is C=C1SCCCSC1c1ccc(C#N)cc1. The summed E-state index contributed by atoms with van der Waals surface area (Å²) >= 11 is 3.83. The lowest BCUT2D eigenvalue weighted by molar-refractivity contribution is 1.13. The molecule has 1 aromatic rings. The molecule has 1 fully saturated rings. The number of nitrogens with zero attached hydrogens (tertiary/aromatic N) is 1. The summed E-state index contributed by atoms with van der Waals surface area (Å²) < 4.78 is 0. The van der Waals surface area contributed by atoms with Crippen molar-refractivity contribution >= 4 is 23.5 Å². The zero-order valence-corrected chi connectivity index (χ0v) is 10.6. The first-order chi connectivity index (χ1) is 7.81. The predicted octanol–water partition coefficient (Wildman–Crippen LogP) is 3.98. The zero-order valence-electron chi connectivity index (χ0n) is 8.98. The van der Waals surface area contributed by atoms with Crippen molar-refractivity contribution < 1.29 is 0 Å². The maximum Gasteiger partial charge on any atom is 0.0991 e. The first-order valence-corrected chi connectivity index (χ1v) is 7.28. The fourth-order valence-electron chi connectivity index (χ4n) is 1.65. The zero-order chi connectivity index (χ0) is 11.4. The van der Waals surface area contributed by atoms with E-state index in [2.05, 4.69) is 12.6 Å². The molecule has 16 heavy (non-hydrogen) atoms. The fourth-order valence-corrected chi connectivity index (χ4v) is 4.16. The first kappa shape index (κ1) is 11.6. The Hall–Kier alpha value is -0.850. The van der Waals surface area contributed by atoms with Gasteiger partial charge in [-0.25, -0.2) is 0 Å². The van der Waals surface area contributed by atoms with Gasteiger partial charge >= 0.3 is 0 Å². The van der Waals surface area contributed by atoms with Crippen molar-refractivity contribution in [3.05, 3.63) is 46.9 Å². The van der Waals surface area contributed by atoms with Gasteiger partial charge in [0.1, 0.15) is 0 Å². The molecule has 0 aliphatic carbocycles. The minimum absolute atomic E-state index is 0.389. The number of hydrogen-bond acceptors (Lipinski definition) is 3. The van der Waals surface area contributed by atoms with Crippen molar-refractivity contribution in [2.45, 2.75) is 11.7 Å². The van der Waals surface area contributed by atoms with E-state index in [0.29, 0.717) is 5.25 Å². The van der Waals surface area contributed by atoms with Gasteiger partial charge in [0.05, 0.1) is 16.9 Å². The maximum absolute atomic E-state index is 8.76. The molecule has 1 aromatic carbocycles. The molecule has 0 amide bonds. The van der Waals surface area contributed by atoms with Gasteiger partial charge in [0.2, 0.25) is 0 Å². The molecule has 82 valence electrons. The van der Waals surface area contributed by atoms with Gasteiger partial charge in [-0.1, -0.05) is 18.7 Å². The van der Waals surface area contributed by atoms with Crippen LogP contribution in [0.5, 0.6) is 0 Å². The van der Waals surface area contributed by atoms with E-state index < -0.39 is 0 Å². The highest BCUT2D eigenvalue weighted by Crippen LogP contribution is 2.43. The Morgan fingerprint density at radius 2 is 2.00 bits per heavy atom. The fraction of sp³-hybridized carbons (Fsp3) is 0.308. The molecule has 1 nitrogen and oxygen atoms in total. The van der Waals surface area contributed by atoms with Crippen LogP contribution in [-0.2, 0) is 0 Å². The Morgan fingerprint density at radius 3 is 2.69 bits per heavy atom. The number of nitriles is 1. The van der Waals surface area contributed by atoms with Crippen LogP contribution in [0.4, 0.5) is 0 Å². The van der Waals surface area contributed by atoms with Crippen LogP contribution in [0.2, 0.25) is 0 Å². The molecule has 3 heteroatoms. The van der Waals surface area contributed by atoms with Crippen LogP contribution in [0.1, 0.15) is 22.8 Å². The summed E-state index contributed by atoms with van der Waals surface area (Å²) in [6.45, 7) is 4.15. The van der Waals surface area contributed by atoms with Crippen LogP contribution in [0.3, 0.4) is 0 Å². The molecule has 1 heterocycles. The van der Waals surface area contributed by atoms with Crippen LogP contribution in [-0.4, -0.2) is 11.5 Å². The van der Waals surface area contributed by atoms with Crippen molar-refractivity contribution in [1.82, 2.24) is 0 Å². The van der Waals surface area contributed by atoms with Crippen molar-refractivity contribution in [3.63, 3.8) is 0 Å². The highest BCUT2D eigenvalue weighted by molar-refractivity contribution is 8.06. The van der Waals surface area contributed by atoms with Gasteiger partial charge in [0, 0.05) is 0 Å². The van der Waals surface area contributed by atoms with Crippen LogP contribution >= 0.6 is 23.5 Å². The minimum Gasteiger partial charge on any atom is -0.192 e. The Morgan fingerprint density at radius 1 is 1.25 bits per heavy atom. The molecule has 0 bridgehead atoms. The molecule has 0 saturated carbocycles. The van der Waals surface area contributed by atoms with Crippen LogP contribution in [0, 0.1) is 11.3 Å². The number of hydrogen-bond donors (Lipinski definition) is 0. The molecule has 0 radical (unpaired) electrons. The van der Waals surface area contributed by atoms with E-state index in [1.54, 1.807) is 0 Å². The highest BCUT2D eigenvalue weighted by atomic mass is 32.2. The molecule has 1 aliphatic rings. The number of benzene rings is 1. The lowest BCUT2D eigenvalue weighted by Crippen LogP contribution is -1.94. The Kier molecular flexibility index (Phi) is 3.98. The third-order valence-corrected chi connectivity index (χ3v) is 5.16. The smallest absolute Gasteiger partial charge is 0.0991 e. The summed E-state index contributed by atoms with van der Waals surface area (Å²) in [6.07, 6.45) is 1.25. The average Bonchev–Trinajstić information content (AvgIpc) is 2.54. The molecular weight excluding hydrogens is 234 g/mol. The van der Waals surface area contributed by atoms with Crippen molar-refractivity contribution in [1.29, 1.82) is 5.26 Å². The van der Waals surface area contributed by atoms with E-state index in [9.17, 15) is 0 Å². The monoisotopic (exact) mass is 247 g/mol. The quantitative estimate of drug-likeness (QED) is 0.750. The van der Waals surface area contributed by atoms with Gasteiger partial charge in [-0.3, -0.25) is 0 Å². The summed E-state index contributed by atoms with van der Waals surface area (Å²) in [7, 11) is 0. The summed E-state index contributed by atoms with van der Waals surface area (Å²) in [6, 6.07) is 10.0. The van der Waals surface area contributed by atoms with Gasteiger partial charge in [-0.15, -0.1) is 23.5 Å². The first-order valence-electron chi connectivity index (χ1n) is 5.24. The molecule has 1 unspecified atom stereocenters. The summed E-state index contributed by atoms with van der Waals surface area (Å²) in [5, 5.41) is 9.15. The average molecular weight is 247 g/mol. The molecule has 0 aromatic heterocycles. The van der Waals surface area contributed by atoms with Crippen molar-refractivity contribution in [3.8, 4) is 6.07 Å². The normalized spacial score (nSPS) is 21.2. The van der Waals surface area contributed by atoms with Gasteiger partial charge in [0.15, 0.2) is 0 Å². The summed E-state index contributed by atoms with van der Waals surface area (Å²) in [4.78, 5) is 1.24. The van der Waals surface area contributed by atoms with Gasteiger partial charge < -0.3 is 0 Å². The second-order valence-electron chi connectivity index (χ2n) is 3.65. The third-order valence-electron chi connectivity index (χ3n) is 2.50. The molecule has 0 N–H and O–H groups in total. The minimum atomic E-state index is 0.389. The lowest BCUT2D eigenvalue weighted by Gasteiger charge is -2.15. The number of thioether (sulfide) groups is 2. The van der Waals surface area contributed by atoms with Gasteiger partial charge in [-0.2, -0.15) is 5.26 Å². The second-order valence-corrected chi connectivity index (χ2v) is 6.09. The van der Waals surface area contributed by atoms with Crippen LogP contribution in [0.15, 0.2) is 35.7 Å². The summed E-state index contributed by atoms with van der Waals surface area (Å²) in [5.41, 5.74) is 1.99. The molecule has 1 atom stereocenters. The van der Waals surface area contributed by atoms with E-state index in [1.807, 2.05) is 47.8 Å². The third kappa shape index (κ3) is 2.63. The lowest BCUT2D eigenvalue weighted by atomic mass is 10.1. The second kappa shape index (κ2) is 5.47. The van der Waals surface area contributed by atoms with Gasteiger partial charge in [-0.05, 0) is 40.5 Å². The van der Waals surface area contributed by atoms with Crippen molar-refractivity contribution in [2.75, 3.05) is 11.5 Å². The molecule has 1 saturated heterocycles. The predicted molar refractivity (Wildman–Crippen MR) is 72.6 cm³/mol. The topological polar surface area (TPSA) is 23.8 Å². The van der Waals surface area contributed by atoms with E-state index >= 15 is 0 Å². The molecule has 2 rings (SSSR count). The highest BCUT2D eigenvalue weighted by Gasteiger charge is 2.18. The maximum atomic E-state index is 8.76. The van der Waals surface area contributed by atoms with E-state index in [0.717, 1.165) is 5.56 Å². The van der Waals surface area contributed by atoms with E-state index in [4.69, 9.17) is 5.26 Å². The molecule has 1 aliphatic heterocycles. The largest absolute Gasteiger partial charge is 0.192 e. The van der Waals surface area contributed by atoms with E-state index in [1.165, 1.54) is 28.4 Å². The van der Waals surface area contributed by atoms with Gasteiger partial charge in [0.25, 0.3) is 0 Å². The van der Waals surface area contributed by atoms with Crippen molar-refractivity contribution in [2.24, 2.45) is 0 Å². The van der Waals surface area contributed by atoms with E-state index in [-0.39, 0.29) is 0 Å². The summed E-state index contributed by atoms with van der Waals surface area (Å²) in [5.74, 6) is 2.37.